The maximum atomic E-state index is 12.8. The van der Waals surface area contributed by atoms with Crippen LogP contribution in [-0.2, 0) is 16.1 Å². The van der Waals surface area contributed by atoms with Crippen LogP contribution >= 0.6 is 0 Å². The molecule has 0 saturated heterocycles. The fourth-order valence-corrected chi connectivity index (χ4v) is 3.08. The molecule has 2 aromatic carbocycles. The van der Waals surface area contributed by atoms with E-state index in [0.29, 0.717) is 0 Å². The number of esters is 1. The standard InChI is InChI=1S/C22H30O3/c1-21(2,3)13-18(22(4,5)6)20(24)25-14-15-11-12-19(23)17-10-8-7-9-16(15)17/h7-12,18,23H,13-14H2,1-6H3. The number of carbonyl (C=O) groups excluding carboxylic acids is 1. The van der Waals surface area contributed by atoms with Crippen molar-refractivity contribution >= 4 is 16.7 Å². The minimum absolute atomic E-state index is 0.0577. The molecule has 0 aliphatic rings. The van der Waals surface area contributed by atoms with Crippen LogP contribution in [0, 0.1) is 16.7 Å². The van der Waals surface area contributed by atoms with Crippen molar-refractivity contribution in [2.45, 2.75) is 54.6 Å². The molecule has 0 spiro atoms. The van der Waals surface area contributed by atoms with Gasteiger partial charge in [-0.1, -0.05) is 71.9 Å². The average Bonchev–Trinajstić information content (AvgIpc) is 2.50. The zero-order chi connectivity index (χ0) is 18.8. The molecule has 2 aromatic rings. The second-order valence-corrected chi connectivity index (χ2v) is 9.08. The molecule has 3 heteroatoms. The van der Waals surface area contributed by atoms with Crippen molar-refractivity contribution in [3.8, 4) is 5.75 Å². The Morgan fingerprint density at radius 2 is 1.60 bits per heavy atom. The summed E-state index contributed by atoms with van der Waals surface area (Å²) in [6.07, 6.45) is 0.783. The van der Waals surface area contributed by atoms with E-state index in [1.54, 1.807) is 6.07 Å². The van der Waals surface area contributed by atoms with Gasteiger partial charge in [-0.05, 0) is 34.3 Å². The summed E-state index contributed by atoms with van der Waals surface area (Å²) >= 11 is 0. The number of rotatable bonds is 4. The van der Waals surface area contributed by atoms with Crippen molar-refractivity contribution in [3.05, 3.63) is 42.0 Å². The van der Waals surface area contributed by atoms with Gasteiger partial charge >= 0.3 is 5.97 Å². The molecule has 2 rings (SSSR count). The second kappa shape index (κ2) is 7.07. The SMILES string of the molecule is CC(C)(C)CC(C(=O)OCc1ccc(O)c2ccccc12)C(C)(C)C. The van der Waals surface area contributed by atoms with Gasteiger partial charge in [0.05, 0.1) is 5.92 Å². The largest absolute Gasteiger partial charge is 0.507 e. The van der Waals surface area contributed by atoms with Gasteiger partial charge in [-0.2, -0.15) is 0 Å². The molecule has 3 nitrogen and oxygen atoms in total. The lowest BCUT2D eigenvalue weighted by Crippen LogP contribution is -2.33. The van der Waals surface area contributed by atoms with Crippen LogP contribution in [0.15, 0.2) is 36.4 Å². The number of hydrogen-bond donors (Lipinski definition) is 1. The van der Waals surface area contributed by atoms with Crippen molar-refractivity contribution in [3.63, 3.8) is 0 Å². The Labute approximate surface area is 151 Å². The first-order valence-electron chi connectivity index (χ1n) is 8.85. The predicted octanol–water partition coefficient (Wildman–Crippen LogP) is 5.69. The van der Waals surface area contributed by atoms with Gasteiger partial charge in [0.2, 0.25) is 0 Å². The molecule has 0 amide bonds. The number of benzene rings is 2. The van der Waals surface area contributed by atoms with Crippen LogP contribution in [0.5, 0.6) is 5.75 Å². The Morgan fingerprint density at radius 3 is 2.16 bits per heavy atom. The Bertz CT molecular complexity index is 748. The first kappa shape index (κ1) is 19.3. The Balaban J connectivity index is 2.20. The lowest BCUT2D eigenvalue weighted by molar-refractivity contribution is -0.155. The first-order valence-corrected chi connectivity index (χ1v) is 8.85. The number of phenols is 1. The van der Waals surface area contributed by atoms with E-state index < -0.39 is 0 Å². The molecule has 25 heavy (non-hydrogen) atoms. The van der Waals surface area contributed by atoms with Gasteiger partial charge in [0.25, 0.3) is 0 Å². The maximum Gasteiger partial charge on any atom is 0.309 e. The van der Waals surface area contributed by atoms with Crippen molar-refractivity contribution < 1.29 is 14.6 Å². The summed E-state index contributed by atoms with van der Waals surface area (Å²) in [6.45, 7) is 12.9. The summed E-state index contributed by atoms with van der Waals surface area (Å²) in [5, 5.41) is 11.7. The first-order chi connectivity index (χ1) is 11.5. The van der Waals surface area contributed by atoms with Crippen LogP contribution in [0.4, 0.5) is 0 Å². The third kappa shape index (κ3) is 4.97. The van der Waals surface area contributed by atoms with E-state index in [1.807, 2.05) is 30.3 Å². The monoisotopic (exact) mass is 342 g/mol. The summed E-state index contributed by atoms with van der Waals surface area (Å²) in [6, 6.07) is 11.1. The van der Waals surface area contributed by atoms with E-state index in [9.17, 15) is 9.90 Å². The normalized spacial score (nSPS) is 13.7. The summed E-state index contributed by atoms with van der Waals surface area (Å²) in [7, 11) is 0. The van der Waals surface area contributed by atoms with E-state index in [-0.39, 0.29) is 35.1 Å². The van der Waals surface area contributed by atoms with E-state index in [0.717, 1.165) is 22.8 Å². The van der Waals surface area contributed by atoms with Gasteiger partial charge < -0.3 is 9.84 Å². The van der Waals surface area contributed by atoms with Crippen LogP contribution in [0.1, 0.15) is 53.5 Å². The summed E-state index contributed by atoms with van der Waals surface area (Å²) in [5.41, 5.74) is 0.814. The van der Waals surface area contributed by atoms with Crippen LogP contribution in [-0.4, -0.2) is 11.1 Å². The highest BCUT2D eigenvalue weighted by atomic mass is 16.5. The van der Waals surface area contributed by atoms with Crippen LogP contribution in [0.2, 0.25) is 0 Å². The number of fused-ring (bicyclic) bond motifs is 1. The fourth-order valence-electron chi connectivity index (χ4n) is 3.08. The van der Waals surface area contributed by atoms with Crippen molar-refractivity contribution in [2.75, 3.05) is 0 Å². The smallest absolute Gasteiger partial charge is 0.309 e. The van der Waals surface area contributed by atoms with E-state index in [2.05, 4.69) is 41.5 Å². The van der Waals surface area contributed by atoms with Crippen LogP contribution < -0.4 is 0 Å². The molecule has 1 N–H and O–H groups in total. The minimum Gasteiger partial charge on any atom is -0.507 e. The number of ether oxygens (including phenoxy) is 1. The summed E-state index contributed by atoms with van der Waals surface area (Å²) in [5.74, 6) is -0.0681. The number of aromatic hydroxyl groups is 1. The topological polar surface area (TPSA) is 46.5 Å². The third-order valence-electron chi connectivity index (χ3n) is 4.51. The number of phenolic OH excluding ortho intramolecular Hbond substituents is 1. The zero-order valence-electron chi connectivity index (χ0n) is 16.2. The Kier molecular flexibility index (Phi) is 5.46. The molecule has 0 aliphatic carbocycles. The lowest BCUT2D eigenvalue weighted by atomic mass is 9.72. The lowest BCUT2D eigenvalue weighted by Gasteiger charge is -2.33. The van der Waals surface area contributed by atoms with Crippen molar-refractivity contribution in [1.29, 1.82) is 0 Å². The molecular weight excluding hydrogens is 312 g/mol. The van der Waals surface area contributed by atoms with E-state index >= 15 is 0 Å². The quantitative estimate of drug-likeness (QED) is 0.726. The van der Waals surface area contributed by atoms with Crippen LogP contribution in [0.3, 0.4) is 0 Å². The highest BCUT2D eigenvalue weighted by molar-refractivity contribution is 5.90. The Hall–Kier alpha value is -2.03. The fraction of sp³-hybridized carbons (Fsp3) is 0.500. The molecule has 0 heterocycles. The van der Waals surface area contributed by atoms with Gasteiger partial charge in [-0.3, -0.25) is 4.79 Å². The molecule has 0 bridgehead atoms. The molecule has 0 radical (unpaired) electrons. The van der Waals surface area contributed by atoms with Gasteiger partial charge in [0.15, 0.2) is 0 Å². The second-order valence-electron chi connectivity index (χ2n) is 9.08. The predicted molar refractivity (Wildman–Crippen MR) is 102 cm³/mol. The molecular formula is C22H30O3. The summed E-state index contributed by atoms with van der Waals surface area (Å²) < 4.78 is 5.69. The summed E-state index contributed by atoms with van der Waals surface area (Å²) in [4.78, 5) is 12.8. The number of hydrogen-bond acceptors (Lipinski definition) is 3. The van der Waals surface area contributed by atoms with Crippen LogP contribution in [0.25, 0.3) is 10.8 Å². The van der Waals surface area contributed by atoms with Crippen molar-refractivity contribution in [1.82, 2.24) is 0 Å². The van der Waals surface area contributed by atoms with Gasteiger partial charge in [0.1, 0.15) is 12.4 Å². The Morgan fingerprint density at radius 1 is 1.00 bits per heavy atom. The molecule has 136 valence electrons. The number of carbonyl (C=O) groups is 1. The molecule has 1 atom stereocenters. The molecule has 0 saturated carbocycles. The molecule has 0 fully saturated rings. The zero-order valence-corrected chi connectivity index (χ0v) is 16.2. The molecule has 0 aliphatic heterocycles. The minimum atomic E-state index is -0.157. The van der Waals surface area contributed by atoms with E-state index in [1.165, 1.54) is 0 Å². The average molecular weight is 342 g/mol. The van der Waals surface area contributed by atoms with E-state index in [4.69, 9.17) is 4.74 Å². The highest BCUT2D eigenvalue weighted by Crippen LogP contribution is 2.37. The highest BCUT2D eigenvalue weighted by Gasteiger charge is 2.35. The molecule has 0 aromatic heterocycles. The van der Waals surface area contributed by atoms with Gasteiger partial charge in [-0.25, -0.2) is 0 Å². The van der Waals surface area contributed by atoms with Crippen molar-refractivity contribution in [2.24, 2.45) is 16.7 Å². The third-order valence-corrected chi connectivity index (χ3v) is 4.51. The molecule has 1 unspecified atom stereocenters. The van der Waals surface area contributed by atoms with Gasteiger partial charge in [0, 0.05) is 5.39 Å². The maximum absolute atomic E-state index is 12.8. The van der Waals surface area contributed by atoms with Gasteiger partial charge in [-0.15, -0.1) is 0 Å².